The molecular formula is C45H55BrN11O4P. The highest BCUT2D eigenvalue weighted by molar-refractivity contribution is 9.10. The zero-order valence-electron chi connectivity index (χ0n) is 36.2. The molecule has 0 aliphatic carbocycles. The Hall–Kier alpha value is -5.31. The van der Waals surface area contributed by atoms with Crippen LogP contribution < -0.4 is 40.7 Å². The van der Waals surface area contributed by atoms with Gasteiger partial charge in [0.1, 0.15) is 24.2 Å². The number of methoxy groups -OCH3 is 1. The Balaban J connectivity index is 0.859. The van der Waals surface area contributed by atoms with E-state index in [-0.39, 0.29) is 11.9 Å². The predicted molar refractivity (Wildman–Crippen MR) is 252 cm³/mol. The van der Waals surface area contributed by atoms with Gasteiger partial charge >= 0.3 is 6.03 Å². The number of imide groups is 1. The molecule has 62 heavy (non-hydrogen) atoms. The molecule has 3 aliphatic heterocycles. The van der Waals surface area contributed by atoms with Crippen LogP contribution in [0.15, 0.2) is 65.5 Å². The Morgan fingerprint density at radius 2 is 1.58 bits per heavy atom. The summed E-state index contributed by atoms with van der Waals surface area (Å²) in [7, 11) is 1.21. The molecule has 3 saturated heterocycles. The number of rotatable bonds is 12. The maximum Gasteiger partial charge on any atom is 0.328 e. The van der Waals surface area contributed by atoms with Crippen molar-refractivity contribution in [3.63, 3.8) is 0 Å². The van der Waals surface area contributed by atoms with Gasteiger partial charge < -0.3 is 34.6 Å². The summed E-state index contributed by atoms with van der Waals surface area (Å²) in [6, 6.07) is 14.3. The van der Waals surface area contributed by atoms with Gasteiger partial charge in [0.05, 0.1) is 33.8 Å². The number of ether oxygens (including phenoxy) is 1. The first-order valence-corrected chi connectivity index (χ1v) is 24.6. The van der Waals surface area contributed by atoms with Crippen LogP contribution in [0, 0.1) is 19.8 Å². The third-order valence-corrected chi connectivity index (χ3v) is 14.5. The first kappa shape index (κ1) is 43.3. The quantitative estimate of drug-likeness (QED) is 0.104. The number of amides is 3. The van der Waals surface area contributed by atoms with Gasteiger partial charge in [-0.1, -0.05) is 0 Å². The van der Waals surface area contributed by atoms with Crippen LogP contribution in [0.4, 0.5) is 45.0 Å². The van der Waals surface area contributed by atoms with Gasteiger partial charge in [-0.2, -0.15) is 4.98 Å². The molecule has 0 saturated carbocycles. The molecule has 15 nitrogen and oxygen atoms in total. The van der Waals surface area contributed by atoms with E-state index in [2.05, 4.69) is 107 Å². The molecule has 0 atom stereocenters. The van der Waals surface area contributed by atoms with E-state index in [0.717, 1.165) is 86.6 Å². The highest BCUT2D eigenvalue weighted by atomic mass is 79.9. The smallest absolute Gasteiger partial charge is 0.328 e. The Labute approximate surface area is 371 Å². The lowest BCUT2D eigenvalue weighted by atomic mass is 9.93. The first-order chi connectivity index (χ1) is 29.7. The lowest BCUT2D eigenvalue weighted by Gasteiger charge is -2.41. The van der Waals surface area contributed by atoms with Crippen molar-refractivity contribution in [3.05, 3.63) is 76.7 Å². The average Bonchev–Trinajstić information content (AvgIpc) is 3.25. The van der Waals surface area contributed by atoms with Crippen molar-refractivity contribution < 1.29 is 18.9 Å². The molecule has 3 amide bonds. The summed E-state index contributed by atoms with van der Waals surface area (Å²) in [5.41, 5.74) is 8.16. The zero-order chi connectivity index (χ0) is 43.7. The second-order valence-corrected chi connectivity index (χ2v) is 21.0. The highest BCUT2D eigenvalue weighted by Gasteiger charge is 2.29. The monoisotopic (exact) mass is 923 g/mol. The molecule has 3 aliphatic rings. The third kappa shape index (κ3) is 9.37. The molecule has 326 valence electrons. The maximum atomic E-state index is 13.5. The molecule has 0 spiro atoms. The molecule has 5 heterocycles. The fraction of sp³-hybridized carbons (Fsp3) is 0.422. The lowest BCUT2D eigenvalue weighted by Crippen LogP contribution is -2.49. The Morgan fingerprint density at radius 1 is 0.871 bits per heavy atom. The van der Waals surface area contributed by atoms with Crippen LogP contribution in [0.2, 0.25) is 0 Å². The van der Waals surface area contributed by atoms with Crippen LogP contribution in [0.3, 0.4) is 0 Å². The van der Waals surface area contributed by atoms with Crippen LogP contribution >= 0.6 is 23.1 Å². The Bertz CT molecular complexity index is 2540. The fourth-order valence-electron chi connectivity index (χ4n) is 9.15. The molecule has 0 radical (unpaired) electrons. The normalized spacial score (nSPS) is 16.9. The first-order valence-electron chi connectivity index (χ1n) is 21.2. The molecule has 5 aromatic rings. The number of urea groups is 1. The van der Waals surface area contributed by atoms with Crippen molar-refractivity contribution in [2.24, 2.45) is 5.92 Å². The van der Waals surface area contributed by atoms with Crippen molar-refractivity contribution in [2.75, 3.05) is 92.1 Å². The summed E-state index contributed by atoms with van der Waals surface area (Å²) in [6.07, 6.45) is 9.71. The lowest BCUT2D eigenvalue weighted by molar-refractivity contribution is -0.120. The Morgan fingerprint density at radius 3 is 2.29 bits per heavy atom. The summed E-state index contributed by atoms with van der Waals surface area (Å²) in [5.74, 6) is 2.01. The SMILES string of the molecule is COc1cc(N2CCC(N(C)CC3CCN(c4ccc(N5CCC(=O)NC5=O)cc4C)CC3)CC2)c(C)cc1Nc1ncc(Br)c(Nc2ccc3nccnc3c2P(C)(C)=O)n1. The number of aromatic nitrogens is 4. The van der Waals surface area contributed by atoms with Gasteiger partial charge in [-0.15, -0.1) is 0 Å². The van der Waals surface area contributed by atoms with Gasteiger partial charge in [-0.05, 0) is 129 Å². The van der Waals surface area contributed by atoms with Crippen LogP contribution in [0.25, 0.3) is 11.0 Å². The van der Waals surface area contributed by atoms with Gasteiger partial charge in [-0.25, -0.2) is 9.78 Å². The summed E-state index contributed by atoms with van der Waals surface area (Å²) in [4.78, 5) is 51.4. The number of hydrogen-bond acceptors (Lipinski definition) is 13. The number of nitrogens with one attached hydrogen (secondary N) is 3. The number of fused-ring (bicyclic) bond motifs is 1. The van der Waals surface area contributed by atoms with Crippen molar-refractivity contribution in [1.82, 2.24) is 30.2 Å². The fourth-order valence-corrected chi connectivity index (χ4v) is 10.8. The van der Waals surface area contributed by atoms with Gasteiger partial charge in [0.2, 0.25) is 11.9 Å². The number of hydrogen-bond donors (Lipinski definition) is 3. The summed E-state index contributed by atoms with van der Waals surface area (Å²) < 4.78 is 20.1. The molecule has 3 fully saturated rings. The molecule has 0 bridgehead atoms. The number of carbonyl (C=O) groups excluding carboxylic acids is 2. The van der Waals surface area contributed by atoms with E-state index < -0.39 is 7.14 Å². The molecule has 3 N–H and O–H groups in total. The van der Waals surface area contributed by atoms with E-state index in [1.54, 1.807) is 43.9 Å². The maximum absolute atomic E-state index is 13.5. The summed E-state index contributed by atoms with van der Waals surface area (Å²) in [6.45, 7) is 13.1. The zero-order valence-corrected chi connectivity index (χ0v) is 38.7. The summed E-state index contributed by atoms with van der Waals surface area (Å²) in [5, 5.41) is 9.79. The van der Waals surface area contributed by atoms with Crippen molar-refractivity contribution in [3.8, 4) is 5.75 Å². The van der Waals surface area contributed by atoms with Crippen molar-refractivity contribution >= 4 is 91.6 Å². The van der Waals surface area contributed by atoms with Crippen LogP contribution in [-0.2, 0) is 9.36 Å². The second-order valence-electron chi connectivity index (χ2n) is 17.0. The second kappa shape index (κ2) is 18.2. The van der Waals surface area contributed by atoms with Gasteiger partial charge in [-0.3, -0.25) is 25.0 Å². The largest absolute Gasteiger partial charge is 0.494 e. The number of piperidine rings is 2. The number of anilines is 7. The molecule has 8 rings (SSSR count). The van der Waals surface area contributed by atoms with Gasteiger partial charge in [0.15, 0.2) is 0 Å². The average molecular weight is 925 g/mol. The minimum Gasteiger partial charge on any atom is -0.494 e. The predicted octanol–water partition coefficient (Wildman–Crippen LogP) is 7.81. The highest BCUT2D eigenvalue weighted by Crippen LogP contribution is 2.42. The van der Waals surface area contributed by atoms with E-state index in [1.165, 1.54) is 5.69 Å². The minimum absolute atomic E-state index is 0.220. The number of benzene rings is 3. The van der Waals surface area contributed by atoms with E-state index in [4.69, 9.17) is 9.72 Å². The van der Waals surface area contributed by atoms with Gasteiger partial charge in [0.25, 0.3) is 0 Å². The molecule has 0 unspecified atom stereocenters. The van der Waals surface area contributed by atoms with E-state index in [0.29, 0.717) is 68.9 Å². The number of nitrogens with zero attached hydrogens (tertiary/aromatic N) is 8. The summed E-state index contributed by atoms with van der Waals surface area (Å²) >= 11 is 3.59. The number of carbonyl (C=O) groups is 2. The minimum atomic E-state index is -2.77. The van der Waals surface area contributed by atoms with E-state index in [1.807, 2.05) is 18.2 Å². The molecule has 2 aromatic heterocycles. The van der Waals surface area contributed by atoms with E-state index in [9.17, 15) is 14.2 Å². The molecular weight excluding hydrogens is 869 g/mol. The van der Waals surface area contributed by atoms with Crippen LogP contribution in [0.1, 0.15) is 43.2 Å². The standard InChI is InChI=1S/C45H55BrN11O4P/c1-28-23-32(57-22-15-40(58)52-45(57)59)7-10-37(28)55-18-11-30(12-19-55)27-54(3)31-13-20-56(21-14-31)38-25-39(61-4)36(24-29(38)2)51-44-49-26-33(46)43(53-44)50-35-9-8-34-41(48-17-16-47-34)42(35)62(5,6)60/h7-10,16-17,23-26,30-31H,11-15,18-22,27H2,1-6H3,(H,52,58,59)(H2,49,50,51,53). The molecule has 3 aromatic carbocycles. The van der Waals surface area contributed by atoms with Crippen molar-refractivity contribution in [2.45, 2.75) is 52.0 Å². The van der Waals surface area contributed by atoms with Gasteiger partial charge in [0, 0.05) is 93.5 Å². The third-order valence-electron chi connectivity index (χ3n) is 12.4. The van der Waals surface area contributed by atoms with Crippen LogP contribution in [-0.4, -0.2) is 110 Å². The number of aryl methyl sites for hydroxylation is 2. The number of halogens is 1. The Kier molecular flexibility index (Phi) is 12.7. The van der Waals surface area contributed by atoms with Crippen molar-refractivity contribution in [1.29, 1.82) is 0 Å². The van der Waals surface area contributed by atoms with Crippen LogP contribution in [0.5, 0.6) is 5.75 Å². The van der Waals surface area contributed by atoms with E-state index >= 15 is 0 Å². The molecule has 17 heteroatoms. The topological polar surface area (TPSA) is 161 Å².